The second-order valence-corrected chi connectivity index (χ2v) is 8.52. The molecule has 4 heterocycles. The Bertz CT molecular complexity index is 1000. The Labute approximate surface area is 166 Å². The number of hydrogen-bond donors (Lipinski definition) is 1. The number of hydrogen-bond acceptors (Lipinski definition) is 4. The normalized spacial score (nSPS) is 18.5. The molecule has 0 radical (unpaired) electrons. The molecule has 1 saturated heterocycles. The summed E-state index contributed by atoms with van der Waals surface area (Å²) >= 11 is 0. The van der Waals surface area contributed by atoms with Crippen LogP contribution in [0.5, 0.6) is 5.75 Å². The second kappa shape index (κ2) is 6.89. The van der Waals surface area contributed by atoms with E-state index in [-0.39, 0.29) is 6.10 Å². The summed E-state index contributed by atoms with van der Waals surface area (Å²) in [5.41, 5.74) is 4.84. The van der Waals surface area contributed by atoms with Crippen molar-refractivity contribution in [2.24, 2.45) is 0 Å². The molecule has 1 N–H and O–H groups in total. The largest absolute Gasteiger partial charge is 0.491 e. The Morgan fingerprint density at radius 1 is 1.11 bits per heavy atom. The van der Waals surface area contributed by atoms with Gasteiger partial charge in [-0.05, 0) is 83.0 Å². The van der Waals surface area contributed by atoms with E-state index in [1.165, 1.54) is 31.4 Å². The minimum absolute atomic E-state index is 0.162. The first-order chi connectivity index (χ1) is 13.6. The van der Waals surface area contributed by atoms with Crippen LogP contribution in [0.1, 0.15) is 45.2 Å². The highest BCUT2D eigenvalue weighted by atomic mass is 16.5. The molecule has 5 heteroatoms. The van der Waals surface area contributed by atoms with Gasteiger partial charge < -0.3 is 10.1 Å². The van der Waals surface area contributed by atoms with Gasteiger partial charge in [0.2, 0.25) is 0 Å². The van der Waals surface area contributed by atoms with Gasteiger partial charge >= 0.3 is 0 Å². The molecule has 0 unspecified atom stereocenters. The lowest BCUT2D eigenvalue weighted by atomic mass is 9.71. The van der Waals surface area contributed by atoms with Crippen LogP contribution in [-0.4, -0.2) is 34.0 Å². The van der Waals surface area contributed by atoms with Crippen molar-refractivity contribution in [3.63, 3.8) is 0 Å². The van der Waals surface area contributed by atoms with Crippen LogP contribution in [0.25, 0.3) is 22.2 Å². The van der Waals surface area contributed by atoms with Gasteiger partial charge in [0.25, 0.3) is 0 Å². The van der Waals surface area contributed by atoms with E-state index in [4.69, 9.17) is 9.84 Å². The first kappa shape index (κ1) is 17.7. The maximum atomic E-state index is 5.86. The van der Waals surface area contributed by atoms with Gasteiger partial charge in [-0.3, -0.25) is 9.67 Å². The van der Waals surface area contributed by atoms with Crippen molar-refractivity contribution in [1.82, 2.24) is 20.1 Å². The lowest BCUT2D eigenvalue weighted by Crippen LogP contribution is -2.43. The Morgan fingerprint density at radius 2 is 1.96 bits per heavy atom. The van der Waals surface area contributed by atoms with E-state index in [0.717, 1.165) is 47.5 Å². The quantitative estimate of drug-likeness (QED) is 0.740. The average Bonchev–Trinajstić information content (AvgIpc) is 3.14. The standard InChI is InChI=1S/C23H28N4O/c1-16(2)28-19-4-5-20-17(13-19)12-18(15-25-20)21-14-22-23(7-9-24-10-8-23)6-3-11-27(22)26-21/h4-5,12-16,24H,3,6-11H2,1-2H3. The van der Waals surface area contributed by atoms with E-state index in [2.05, 4.69) is 33.2 Å². The minimum atomic E-state index is 0.162. The van der Waals surface area contributed by atoms with Crippen LogP contribution in [0.15, 0.2) is 36.5 Å². The van der Waals surface area contributed by atoms with Crippen molar-refractivity contribution in [2.45, 2.75) is 57.6 Å². The molecule has 0 bridgehead atoms. The molecular weight excluding hydrogens is 348 g/mol. The summed E-state index contributed by atoms with van der Waals surface area (Å²) in [7, 11) is 0. The van der Waals surface area contributed by atoms with Crippen molar-refractivity contribution in [3.8, 4) is 17.0 Å². The summed E-state index contributed by atoms with van der Waals surface area (Å²) in [5.74, 6) is 0.888. The molecule has 28 heavy (non-hydrogen) atoms. The SMILES string of the molecule is CC(C)Oc1ccc2ncc(-c3cc4n(n3)CCCC43CCNCC3)cc2c1. The fourth-order valence-corrected chi connectivity index (χ4v) is 4.86. The highest BCUT2D eigenvalue weighted by molar-refractivity contribution is 5.84. The van der Waals surface area contributed by atoms with Crippen LogP contribution < -0.4 is 10.1 Å². The number of rotatable bonds is 3. The fourth-order valence-electron chi connectivity index (χ4n) is 4.86. The first-order valence-electron chi connectivity index (χ1n) is 10.5. The zero-order valence-corrected chi connectivity index (χ0v) is 16.7. The number of piperidine rings is 1. The van der Waals surface area contributed by atoms with Gasteiger partial charge in [-0.2, -0.15) is 5.10 Å². The number of pyridine rings is 1. The number of ether oxygens (including phenoxy) is 1. The van der Waals surface area contributed by atoms with E-state index >= 15 is 0 Å². The molecule has 0 amide bonds. The molecule has 1 aromatic carbocycles. The van der Waals surface area contributed by atoms with Gasteiger partial charge in [-0.15, -0.1) is 0 Å². The second-order valence-electron chi connectivity index (χ2n) is 8.52. The molecule has 146 valence electrons. The lowest BCUT2D eigenvalue weighted by Gasteiger charge is -2.40. The van der Waals surface area contributed by atoms with Gasteiger partial charge in [-0.1, -0.05) is 0 Å². The van der Waals surface area contributed by atoms with Gasteiger partial charge in [0.1, 0.15) is 5.75 Å². The van der Waals surface area contributed by atoms with Crippen LogP contribution in [0, 0.1) is 0 Å². The molecule has 2 aliphatic heterocycles. The summed E-state index contributed by atoms with van der Waals surface area (Å²) < 4.78 is 8.11. The van der Waals surface area contributed by atoms with Gasteiger partial charge in [0.15, 0.2) is 0 Å². The number of nitrogens with one attached hydrogen (secondary N) is 1. The Balaban J connectivity index is 1.53. The zero-order valence-electron chi connectivity index (χ0n) is 16.7. The van der Waals surface area contributed by atoms with Gasteiger partial charge in [0.05, 0.1) is 17.3 Å². The Kier molecular flexibility index (Phi) is 4.35. The number of fused-ring (bicyclic) bond motifs is 3. The van der Waals surface area contributed by atoms with Gasteiger partial charge in [0, 0.05) is 34.8 Å². The summed E-state index contributed by atoms with van der Waals surface area (Å²) in [6, 6.07) is 10.6. The third kappa shape index (κ3) is 3.08. The highest BCUT2D eigenvalue weighted by Gasteiger charge is 2.39. The highest BCUT2D eigenvalue weighted by Crippen LogP contribution is 2.42. The molecule has 2 aromatic heterocycles. The predicted octanol–water partition coefficient (Wildman–Crippen LogP) is 4.30. The van der Waals surface area contributed by atoms with Crippen molar-refractivity contribution in [2.75, 3.05) is 13.1 Å². The van der Waals surface area contributed by atoms with Crippen LogP contribution in [0.3, 0.4) is 0 Å². The van der Waals surface area contributed by atoms with E-state index < -0.39 is 0 Å². The maximum Gasteiger partial charge on any atom is 0.120 e. The first-order valence-corrected chi connectivity index (χ1v) is 10.5. The molecule has 0 saturated carbocycles. The molecule has 1 spiro atoms. The van der Waals surface area contributed by atoms with E-state index in [1.807, 2.05) is 32.2 Å². The molecule has 5 rings (SSSR count). The minimum Gasteiger partial charge on any atom is -0.491 e. The molecular formula is C23H28N4O. The average molecular weight is 377 g/mol. The van der Waals surface area contributed by atoms with Crippen LogP contribution >= 0.6 is 0 Å². The van der Waals surface area contributed by atoms with E-state index in [1.54, 1.807) is 0 Å². The third-order valence-electron chi connectivity index (χ3n) is 6.23. The number of nitrogens with zero attached hydrogens (tertiary/aromatic N) is 3. The summed E-state index contributed by atoms with van der Waals surface area (Å²) in [5, 5.41) is 9.58. The number of aryl methyl sites for hydroxylation is 1. The predicted molar refractivity (Wildman–Crippen MR) is 112 cm³/mol. The van der Waals surface area contributed by atoms with Crippen molar-refractivity contribution >= 4 is 10.9 Å². The zero-order chi connectivity index (χ0) is 19.1. The van der Waals surface area contributed by atoms with E-state index in [9.17, 15) is 0 Å². The van der Waals surface area contributed by atoms with Crippen molar-refractivity contribution in [1.29, 1.82) is 0 Å². The summed E-state index contributed by atoms with van der Waals surface area (Å²) in [4.78, 5) is 4.67. The smallest absolute Gasteiger partial charge is 0.120 e. The summed E-state index contributed by atoms with van der Waals surface area (Å²) in [6.07, 6.45) is 7.05. The number of benzene rings is 1. The fraction of sp³-hybridized carbons (Fsp3) is 0.478. The van der Waals surface area contributed by atoms with Crippen LogP contribution in [0.4, 0.5) is 0 Å². The molecule has 2 aliphatic rings. The molecule has 1 fully saturated rings. The number of aromatic nitrogens is 3. The monoisotopic (exact) mass is 376 g/mol. The molecule has 0 atom stereocenters. The maximum absolute atomic E-state index is 5.86. The van der Waals surface area contributed by atoms with Crippen molar-refractivity contribution < 1.29 is 4.74 Å². The van der Waals surface area contributed by atoms with Crippen LogP contribution in [0.2, 0.25) is 0 Å². The lowest BCUT2D eigenvalue weighted by molar-refractivity contribution is 0.230. The Hall–Kier alpha value is -2.40. The molecule has 0 aliphatic carbocycles. The Morgan fingerprint density at radius 3 is 2.79 bits per heavy atom. The topological polar surface area (TPSA) is 52.0 Å². The molecule has 5 nitrogen and oxygen atoms in total. The van der Waals surface area contributed by atoms with Crippen molar-refractivity contribution in [3.05, 3.63) is 42.2 Å². The van der Waals surface area contributed by atoms with Gasteiger partial charge in [-0.25, -0.2) is 0 Å². The van der Waals surface area contributed by atoms with Crippen LogP contribution in [-0.2, 0) is 12.0 Å². The summed E-state index contributed by atoms with van der Waals surface area (Å²) in [6.45, 7) is 7.33. The molecule has 3 aromatic rings. The third-order valence-corrected chi connectivity index (χ3v) is 6.23. The van der Waals surface area contributed by atoms with E-state index in [0.29, 0.717) is 5.41 Å².